The van der Waals surface area contributed by atoms with Gasteiger partial charge in [-0.3, -0.25) is 0 Å². The van der Waals surface area contributed by atoms with Gasteiger partial charge in [-0.1, -0.05) is 24.7 Å². The SMILES string of the molecule is CCCC(N)c1nn2c(C3CCOCC3)nnc2s1. The molecule has 0 amide bonds. The Kier molecular flexibility index (Phi) is 3.76. The molecule has 0 bridgehead atoms. The first-order chi connectivity index (χ1) is 9.29. The van der Waals surface area contributed by atoms with Gasteiger partial charge in [-0.2, -0.15) is 9.61 Å². The molecule has 1 fully saturated rings. The van der Waals surface area contributed by atoms with Crippen LogP contribution in [0.15, 0.2) is 0 Å². The Hall–Kier alpha value is -1.05. The summed E-state index contributed by atoms with van der Waals surface area (Å²) in [7, 11) is 0. The van der Waals surface area contributed by atoms with Gasteiger partial charge in [0.2, 0.25) is 4.96 Å². The Morgan fingerprint density at radius 1 is 1.42 bits per heavy atom. The fourth-order valence-electron chi connectivity index (χ4n) is 2.44. The molecule has 1 saturated heterocycles. The van der Waals surface area contributed by atoms with Crippen LogP contribution in [-0.4, -0.2) is 33.0 Å². The van der Waals surface area contributed by atoms with E-state index in [2.05, 4.69) is 22.2 Å². The van der Waals surface area contributed by atoms with Crippen LogP contribution in [0.25, 0.3) is 4.96 Å². The highest BCUT2D eigenvalue weighted by Gasteiger charge is 2.24. The minimum Gasteiger partial charge on any atom is -0.381 e. The minimum absolute atomic E-state index is 0.0132. The number of ether oxygens (including phenoxy) is 1. The van der Waals surface area contributed by atoms with Crippen molar-refractivity contribution in [1.82, 2.24) is 19.8 Å². The van der Waals surface area contributed by atoms with E-state index in [9.17, 15) is 0 Å². The zero-order valence-corrected chi connectivity index (χ0v) is 11.9. The highest BCUT2D eigenvalue weighted by molar-refractivity contribution is 7.16. The molecule has 1 atom stereocenters. The standard InChI is InChI=1S/C12H19N5OS/c1-2-3-9(13)11-16-17-10(14-15-12(17)19-11)8-4-6-18-7-5-8/h8-9H,2-7,13H2,1H3. The lowest BCUT2D eigenvalue weighted by molar-refractivity contribution is 0.0831. The maximum absolute atomic E-state index is 6.12. The van der Waals surface area contributed by atoms with Crippen molar-refractivity contribution in [1.29, 1.82) is 0 Å². The van der Waals surface area contributed by atoms with Crippen LogP contribution in [0.2, 0.25) is 0 Å². The zero-order valence-electron chi connectivity index (χ0n) is 11.1. The third kappa shape index (κ3) is 2.50. The molecule has 7 heteroatoms. The van der Waals surface area contributed by atoms with E-state index in [1.807, 2.05) is 4.52 Å². The van der Waals surface area contributed by atoms with E-state index in [-0.39, 0.29) is 6.04 Å². The summed E-state index contributed by atoms with van der Waals surface area (Å²) in [5.74, 6) is 1.37. The van der Waals surface area contributed by atoms with Crippen molar-refractivity contribution in [3.63, 3.8) is 0 Å². The average molecular weight is 281 g/mol. The molecule has 2 aromatic rings. The van der Waals surface area contributed by atoms with Crippen molar-refractivity contribution in [3.05, 3.63) is 10.8 Å². The molecule has 1 aliphatic heterocycles. The van der Waals surface area contributed by atoms with E-state index in [1.165, 1.54) is 0 Å². The highest BCUT2D eigenvalue weighted by atomic mass is 32.1. The first kappa shape index (κ1) is 13.0. The molecule has 1 unspecified atom stereocenters. The molecule has 0 aromatic carbocycles. The summed E-state index contributed by atoms with van der Waals surface area (Å²) in [6, 6.07) is 0.0132. The maximum atomic E-state index is 6.12. The number of nitrogens with zero attached hydrogens (tertiary/aromatic N) is 4. The van der Waals surface area contributed by atoms with Crippen LogP contribution in [0.5, 0.6) is 0 Å². The Bertz CT molecular complexity index is 545. The molecular formula is C12H19N5OS. The van der Waals surface area contributed by atoms with Gasteiger partial charge in [-0.25, -0.2) is 0 Å². The summed E-state index contributed by atoms with van der Waals surface area (Å²) < 4.78 is 7.27. The smallest absolute Gasteiger partial charge is 0.234 e. The van der Waals surface area contributed by atoms with E-state index >= 15 is 0 Å². The van der Waals surface area contributed by atoms with Gasteiger partial charge in [0, 0.05) is 19.1 Å². The molecule has 0 spiro atoms. The number of fused-ring (bicyclic) bond motifs is 1. The molecule has 3 rings (SSSR count). The van der Waals surface area contributed by atoms with Crippen LogP contribution in [0.3, 0.4) is 0 Å². The summed E-state index contributed by atoms with van der Waals surface area (Å²) >= 11 is 1.55. The van der Waals surface area contributed by atoms with Gasteiger partial charge < -0.3 is 10.5 Å². The van der Waals surface area contributed by atoms with Gasteiger partial charge in [0.05, 0.1) is 6.04 Å². The topological polar surface area (TPSA) is 78.3 Å². The van der Waals surface area contributed by atoms with Crippen LogP contribution < -0.4 is 5.73 Å². The third-order valence-electron chi connectivity index (χ3n) is 3.53. The predicted molar refractivity (Wildman–Crippen MR) is 73.3 cm³/mol. The Balaban J connectivity index is 1.89. The van der Waals surface area contributed by atoms with E-state index in [4.69, 9.17) is 10.5 Å². The molecule has 1 aliphatic rings. The van der Waals surface area contributed by atoms with Crippen LogP contribution in [0, 0.1) is 0 Å². The van der Waals surface area contributed by atoms with Crippen molar-refractivity contribution >= 4 is 16.3 Å². The van der Waals surface area contributed by atoms with Crippen LogP contribution in [0.4, 0.5) is 0 Å². The second-order valence-electron chi connectivity index (χ2n) is 4.97. The predicted octanol–water partition coefficient (Wildman–Crippen LogP) is 1.88. The molecule has 2 N–H and O–H groups in total. The second kappa shape index (κ2) is 5.52. The summed E-state index contributed by atoms with van der Waals surface area (Å²) in [4.78, 5) is 0.850. The summed E-state index contributed by atoms with van der Waals surface area (Å²) in [6.07, 6.45) is 4.01. The maximum Gasteiger partial charge on any atom is 0.234 e. The quantitative estimate of drug-likeness (QED) is 0.925. The lowest BCUT2D eigenvalue weighted by Crippen LogP contribution is -2.17. The minimum atomic E-state index is 0.0132. The van der Waals surface area contributed by atoms with Gasteiger partial charge in [0.25, 0.3) is 0 Å². The van der Waals surface area contributed by atoms with Crippen molar-refractivity contribution in [2.45, 2.75) is 44.6 Å². The van der Waals surface area contributed by atoms with Gasteiger partial charge >= 0.3 is 0 Å². The molecular weight excluding hydrogens is 262 g/mol. The monoisotopic (exact) mass is 281 g/mol. The van der Waals surface area contributed by atoms with Gasteiger partial charge in [-0.15, -0.1) is 10.2 Å². The Labute approximate surface area is 116 Å². The van der Waals surface area contributed by atoms with Gasteiger partial charge in [0.15, 0.2) is 5.82 Å². The molecule has 3 heterocycles. The molecule has 2 aromatic heterocycles. The second-order valence-corrected chi connectivity index (χ2v) is 5.96. The molecule has 0 aliphatic carbocycles. The van der Waals surface area contributed by atoms with Crippen molar-refractivity contribution in [2.75, 3.05) is 13.2 Å². The third-order valence-corrected chi connectivity index (χ3v) is 4.56. The van der Waals surface area contributed by atoms with E-state index < -0.39 is 0 Å². The normalized spacial score (nSPS) is 19.1. The number of hydrogen-bond donors (Lipinski definition) is 1. The van der Waals surface area contributed by atoms with E-state index in [0.717, 1.165) is 54.7 Å². The number of hydrogen-bond acceptors (Lipinski definition) is 6. The molecule has 19 heavy (non-hydrogen) atoms. The van der Waals surface area contributed by atoms with Crippen LogP contribution in [0.1, 0.15) is 55.4 Å². The highest BCUT2D eigenvalue weighted by Crippen LogP contribution is 2.28. The summed E-state index contributed by atoms with van der Waals surface area (Å²) in [5, 5.41) is 14.1. The first-order valence-corrected chi connectivity index (χ1v) is 7.66. The zero-order chi connectivity index (χ0) is 13.2. The van der Waals surface area contributed by atoms with Crippen molar-refractivity contribution < 1.29 is 4.74 Å². The average Bonchev–Trinajstić information content (AvgIpc) is 2.99. The number of aromatic nitrogens is 4. The fraction of sp³-hybridized carbons (Fsp3) is 0.750. The van der Waals surface area contributed by atoms with E-state index in [0.29, 0.717) is 5.92 Å². The van der Waals surface area contributed by atoms with Crippen LogP contribution >= 0.6 is 11.3 Å². The molecule has 0 radical (unpaired) electrons. The lowest BCUT2D eigenvalue weighted by Gasteiger charge is -2.19. The first-order valence-electron chi connectivity index (χ1n) is 6.85. The Morgan fingerprint density at radius 3 is 2.95 bits per heavy atom. The largest absolute Gasteiger partial charge is 0.381 e. The van der Waals surface area contributed by atoms with Crippen molar-refractivity contribution in [3.8, 4) is 0 Å². The number of nitrogens with two attached hydrogens (primary N) is 1. The fourth-order valence-corrected chi connectivity index (χ4v) is 3.32. The lowest BCUT2D eigenvalue weighted by atomic mass is 10.00. The molecule has 6 nitrogen and oxygen atoms in total. The van der Waals surface area contributed by atoms with E-state index in [1.54, 1.807) is 11.3 Å². The van der Waals surface area contributed by atoms with Crippen molar-refractivity contribution in [2.24, 2.45) is 5.73 Å². The summed E-state index contributed by atoms with van der Waals surface area (Å²) in [5.41, 5.74) is 6.12. The summed E-state index contributed by atoms with van der Waals surface area (Å²) in [6.45, 7) is 3.73. The van der Waals surface area contributed by atoms with Crippen LogP contribution in [-0.2, 0) is 4.74 Å². The number of rotatable bonds is 4. The Morgan fingerprint density at radius 2 is 2.21 bits per heavy atom. The molecule has 104 valence electrons. The van der Waals surface area contributed by atoms with Gasteiger partial charge in [0.1, 0.15) is 5.01 Å². The molecule has 0 saturated carbocycles. The van der Waals surface area contributed by atoms with Gasteiger partial charge in [-0.05, 0) is 19.3 Å².